The molecule has 0 aliphatic carbocycles. The second kappa shape index (κ2) is 7.25. The molecule has 0 saturated carbocycles. The van der Waals surface area contributed by atoms with Crippen LogP contribution in [0, 0.1) is 13.8 Å². The predicted molar refractivity (Wildman–Crippen MR) is 108 cm³/mol. The third-order valence-corrected chi connectivity index (χ3v) is 4.99. The maximum absolute atomic E-state index is 11.8. The summed E-state index contributed by atoms with van der Waals surface area (Å²) in [6, 6.07) is 7.23. The summed E-state index contributed by atoms with van der Waals surface area (Å²) >= 11 is 12.5. The minimum atomic E-state index is -0.617. The van der Waals surface area contributed by atoms with Gasteiger partial charge in [-0.2, -0.15) is 0 Å². The lowest BCUT2D eigenvalue weighted by atomic mass is 10.1. The molecule has 3 rings (SSSR count). The van der Waals surface area contributed by atoms with Crippen molar-refractivity contribution in [1.29, 1.82) is 0 Å². The van der Waals surface area contributed by atoms with E-state index in [1.54, 1.807) is 31.2 Å². The Bertz CT molecular complexity index is 1050. The van der Waals surface area contributed by atoms with Gasteiger partial charge in [0.05, 0.1) is 23.5 Å². The number of carbonyl (C=O) groups is 1. The molecule has 1 N–H and O–H groups in total. The average Bonchev–Trinajstić information content (AvgIpc) is 3.05. The number of benzene rings is 1. The molecule has 2 aromatic rings. The molecule has 1 aliphatic heterocycles. The molecular formula is C20H18Cl2N2O3. The highest BCUT2D eigenvalue weighted by atomic mass is 35.5. The number of aliphatic hydroxyl groups excluding tert-OH is 1. The van der Waals surface area contributed by atoms with E-state index in [2.05, 4.69) is 4.99 Å². The Morgan fingerprint density at radius 1 is 1.22 bits per heavy atom. The zero-order valence-corrected chi connectivity index (χ0v) is 16.8. The van der Waals surface area contributed by atoms with Gasteiger partial charge in [0.15, 0.2) is 5.76 Å². The van der Waals surface area contributed by atoms with Crippen LogP contribution in [0.5, 0.6) is 0 Å². The summed E-state index contributed by atoms with van der Waals surface area (Å²) in [5.74, 6) is -0.807. The number of aromatic nitrogens is 1. The number of hydrogen-bond donors (Lipinski definition) is 1. The monoisotopic (exact) mass is 404 g/mol. The fourth-order valence-electron chi connectivity index (χ4n) is 3.14. The van der Waals surface area contributed by atoms with Crippen molar-refractivity contribution < 1.29 is 14.6 Å². The van der Waals surface area contributed by atoms with Crippen LogP contribution >= 0.6 is 23.2 Å². The molecule has 0 spiro atoms. The lowest BCUT2D eigenvalue weighted by Gasteiger charge is -2.12. The van der Waals surface area contributed by atoms with Crippen molar-refractivity contribution in [3.8, 4) is 5.69 Å². The van der Waals surface area contributed by atoms with Crippen molar-refractivity contribution in [2.24, 2.45) is 4.99 Å². The fraction of sp³-hybridized carbons (Fsp3) is 0.200. The van der Waals surface area contributed by atoms with Crippen LogP contribution in [0.4, 0.5) is 0 Å². The van der Waals surface area contributed by atoms with E-state index in [1.807, 2.05) is 24.5 Å². The number of rotatable bonds is 3. The van der Waals surface area contributed by atoms with E-state index in [1.165, 1.54) is 7.11 Å². The molecule has 1 aromatic heterocycles. The maximum Gasteiger partial charge on any atom is 0.343 e. The number of carbonyl (C=O) groups excluding carboxylic acids is 1. The highest BCUT2D eigenvalue weighted by molar-refractivity contribution is 6.34. The van der Waals surface area contributed by atoms with Gasteiger partial charge in [-0.3, -0.25) is 0 Å². The molecule has 0 fully saturated rings. The number of aliphatic imine (C=N–C) groups is 1. The van der Waals surface area contributed by atoms with E-state index in [0.29, 0.717) is 21.5 Å². The van der Waals surface area contributed by atoms with Gasteiger partial charge >= 0.3 is 5.97 Å². The summed E-state index contributed by atoms with van der Waals surface area (Å²) < 4.78 is 6.69. The van der Waals surface area contributed by atoms with Gasteiger partial charge < -0.3 is 14.4 Å². The Morgan fingerprint density at radius 2 is 1.93 bits per heavy atom. The lowest BCUT2D eigenvalue weighted by Crippen LogP contribution is -2.11. The molecule has 1 aliphatic rings. The van der Waals surface area contributed by atoms with Crippen LogP contribution in [0.1, 0.15) is 23.9 Å². The topological polar surface area (TPSA) is 63.8 Å². The van der Waals surface area contributed by atoms with Gasteiger partial charge in [0.1, 0.15) is 11.3 Å². The minimum absolute atomic E-state index is 0.0791. The first-order valence-electron chi connectivity index (χ1n) is 8.18. The van der Waals surface area contributed by atoms with Crippen LogP contribution in [0.15, 0.2) is 46.3 Å². The molecule has 2 heterocycles. The van der Waals surface area contributed by atoms with Crippen molar-refractivity contribution in [3.63, 3.8) is 0 Å². The number of nitrogens with zero attached hydrogens (tertiary/aromatic N) is 2. The van der Waals surface area contributed by atoms with Gasteiger partial charge in [0.2, 0.25) is 0 Å². The third kappa shape index (κ3) is 3.40. The van der Waals surface area contributed by atoms with Crippen molar-refractivity contribution >= 4 is 41.0 Å². The van der Waals surface area contributed by atoms with E-state index in [4.69, 9.17) is 27.9 Å². The number of aliphatic hydroxyl groups is 1. The maximum atomic E-state index is 11.8. The molecular weight excluding hydrogens is 387 g/mol. The van der Waals surface area contributed by atoms with Crippen molar-refractivity contribution in [2.75, 3.05) is 7.11 Å². The largest absolute Gasteiger partial charge is 0.505 e. The predicted octanol–water partition coefficient (Wildman–Crippen LogP) is 5.20. The SMILES string of the molecule is COC(=O)C1=C(O)/C(=C/c2cc(C)n(-c3cc(Cl)ccc3Cl)c2C)N=C1C. The van der Waals surface area contributed by atoms with Gasteiger partial charge in [-0.15, -0.1) is 0 Å². The van der Waals surface area contributed by atoms with Crippen LogP contribution < -0.4 is 0 Å². The Balaban J connectivity index is 2.11. The van der Waals surface area contributed by atoms with Gasteiger partial charge in [-0.05, 0) is 56.7 Å². The first-order valence-corrected chi connectivity index (χ1v) is 8.93. The zero-order chi connectivity index (χ0) is 19.9. The van der Waals surface area contributed by atoms with Gasteiger partial charge in [-0.1, -0.05) is 23.2 Å². The van der Waals surface area contributed by atoms with Crippen LogP contribution in [-0.4, -0.2) is 28.5 Å². The van der Waals surface area contributed by atoms with E-state index in [0.717, 1.165) is 22.6 Å². The lowest BCUT2D eigenvalue weighted by molar-refractivity contribution is -0.135. The summed E-state index contributed by atoms with van der Waals surface area (Å²) in [6.07, 6.45) is 1.73. The van der Waals surface area contributed by atoms with Gasteiger partial charge in [0.25, 0.3) is 0 Å². The van der Waals surface area contributed by atoms with Crippen LogP contribution in [0.25, 0.3) is 11.8 Å². The average molecular weight is 405 g/mol. The summed E-state index contributed by atoms with van der Waals surface area (Å²) in [6.45, 7) is 5.54. The fourth-order valence-corrected chi connectivity index (χ4v) is 3.51. The standard InChI is InChI=1S/C20H18Cl2N2O3/c1-10-7-13(8-16-19(25)18(11(2)23-16)20(26)27-4)12(3)24(10)17-9-14(21)5-6-15(17)22/h5-9,25H,1-4H3/b16-8-. The highest BCUT2D eigenvalue weighted by Crippen LogP contribution is 2.32. The number of methoxy groups -OCH3 is 1. The highest BCUT2D eigenvalue weighted by Gasteiger charge is 2.27. The number of ether oxygens (including phenoxy) is 1. The van der Waals surface area contributed by atoms with Gasteiger partial charge in [0, 0.05) is 16.4 Å². The summed E-state index contributed by atoms with van der Waals surface area (Å²) in [5.41, 5.74) is 4.26. The van der Waals surface area contributed by atoms with Crippen molar-refractivity contribution in [2.45, 2.75) is 20.8 Å². The molecule has 5 nitrogen and oxygen atoms in total. The first kappa shape index (κ1) is 19.3. The van der Waals surface area contributed by atoms with E-state index >= 15 is 0 Å². The number of halogens is 2. The minimum Gasteiger partial charge on any atom is -0.505 e. The van der Waals surface area contributed by atoms with Crippen LogP contribution in [0.3, 0.4) is 0 Å². The zero-order valence-electron chi connectivity index (χ0n) is 15.3. The molecule has 0 amide bonds. The number of esters is 1. The summed E-state index contributed by atoms with van der Waals surface area (Å²) in [7, 11) is 1.26. The molecule has 0 unspecified atom stereocenters. The molecule has 7 heteroatoms. The normalized spacial score (nSPS) is 15.5. The van der Waals surface area contributed by atoms with Crippen molar-refractivity contribution in [3.05, 3.63) is 68.3 Å². The Kier molecular flexibility index (Phi) is 5.18. The Morgan fingerprint density at radius 3 is 2.59 bits per heavy atom. The quantitative estimate of drug-likeness (QED) is 0.714. The number of hydrogen-bond acceptors (Lipinski definition) is 4. The molecule has 0 atom stereocenters. The first-order chi connectivity index (χ1) is 12.7. The van der Waals surface area contributed by atoms with E-state index < -0.39 is 5.97 Å². The molecule has 1 aromatic carbocycles. The van der Waals surface area contributed by atoms with Gasteiger partial charge in [-0.25, -0.2) is 9.79 Å². The second-order valence-electron chi connectivity index (χ2n) is 6.20. The molecule has 0 radical (unpaired) electrons. The third-order valence-electron chi connectivity index (χ3n) is 4.43. The van der Waals surface area contributed by atoms with Crippen LogP contribution in [-0.2, 0) is 9.53 Å². The second-order valence-corrected chi connectivity index (χ2v) is 7.04. The molecule has 27 heavy (non-hydrogen) atoms. The van der Waals surface area contributed by atoms with E-state index in [-0.39, 0.29) is 11.3 Å². The summed E-state index contributed by atoms with van der Waals surface area (Å²) in [4.78, 5) is 16.1. The smallest absolute Gasteiger partial charge is 0.343 e. The number of aryl methyl sites for hydroxylation is 1. The molecule has 0 bridgehead atoms. The Labute approximate surface area is 167 Å². The molecule has 140 valence electrons. The van der Waals surface area contributed by atoms with Crippen LogP contribution in [0.2, 0.25) is 10.0 Å². The molecule has 0 saturated heterocycles. The Hall–Kier alpha value is -2.50. The summed E-state index contributed by atoms with van der Waals surface area (Å²) in [5, 5.41) is 11.6. The van der Waals surface area contributed by atoms with E-state index in [9.17, 15) is 9.90 Å². The van der Waals surface area contributed by atoms with Crippen molar-refractivity contribution in [1.82, 2.24) is 4.57 Å².